The van der Waals surface area contributed by atoms with Gasteiger partial charge in [0.1, 0.15) is 6.29 Å². The molecule has 0 aliphatic carbocycles. The summed E-state index contributed by atoms with van der Waals surface area (Å²) in [4.78, 5) is 24.8. The molecular weight excluding hydrogens is 308 g/mol. The Kier molecular flexibility index (Phi) is 5.10. The predicted octanol–water partition coefficient (Wildman–Crippen LogP) is 2.30. The van der Waals surface area contributed by atoms with Crippen LogP contribution in [0.15, 0.2) is 28.7 Å². The minimum atomic E-state index is -0.0431. The molecule has 1 aliphatic heterocycles. The van der Waals surface area contributed by atoms with E-state index in [4.69, 9.17) is 0 Å². The van der Waals surface area contributed by atoms with Gasteiger partial charge in [-0.05, 0) is 47.4 Å². The average molecular weight is 325 g/mol. The second-order valence-corrected chi connectivity index (χ2v) is 5.66. The summed E-state index contributed by atoms with van der Waals surface area (Å²) in [6, 6.07) is 7.52. The van der Waals surface area contributed by atoms with E-state index in [1.165, 1.54) is 0 Å². The Morgan fingerprint density at radius 3 is 3.00 bits per heavy atom. The third-order valence-electron chi connectivity index (χ3n) is 3.25. The van der Waals surface area contributed by atoms with E-state index < -0.39 is 0 Å². The van der Waals surface area contributed by atoms with E-state index in [-0.39, 0.29) is 11.8 Å². The lowest BCUT2D eigenvalue weighted by atomic mass is 10.00. The van der Waals surface area contributed by atoms with Crippen LogP contribution in [0, 0.1) is 5.92 Å². The average Bonchev–Trinajstić information content (AvgIpc) is 2.41. The number of rotatable bonds is 4. The molecule has 0 saturated carbocycles. The molecule has 1 aromatic rings. The number of carbonyl (C=O) groups is 2. The largest absolute Gasteiger partial charge is 0.324 e. The Morgan fingerprint density at radius 1 is 1.47 bits per heavy atom. The van der Waals surface area contributed by atoms with E-state index in [9.17, 15) is 9.59 Å². The Morgan fingerprint density at radius 2 is 2.26 bits per heavy atom. The zero-order valence-corrected chi connectivity index (χ0v) is 12.2. The van der Waals surface area contributed by atoms with Gasteiger partial charge in [-0.3, -0.25) is 9.69 Å². The minimum Gasteiger partial charge on any atom is -0.324 e. The Hall–Kier alpha value is -1.20. The molecule has 0 radical (unpaired) electrons. The number of aldehydes is 1. The summed E-state index contributed by atoms with van der Waals surface area (Å²) in [7, 11) is 0. The van der Waals surface area contributed by atoms with Gasteiger partial charge in [-0.2, -0.15) is 0 Å². The smallest absolute Gasteiger partial charge is 0.238 e. The molecule has 1 atom stereocenters. The first-order valence-corrected chi connectivity index (χ1v) is 7.20. The number of anilines is 1. The van der Waals surface area contributed by atoms with Gasteiger partial charge in [-0.15, -0.1) is 0 Å². The highest BCUT2D eigenvalue weighted by Gasteiger charge is 2.21. The molecule has 0 bridgehead atoms. The highest BCUT2D eigenvalue weighted by atomic mass is 79.9. The van der Waals surface area contributed by atoms with Crippen LogP contribution in [0.4, 0.5) is 5.69 Å². The third-order valence-corrected chi connectivity index (χ3v) is 3.94. The first-order valence-electron chi connectivity index (χ1n) is 6.41. The molecule has 0 aromatic heterocycles. The maximum Gasteiger partial charge on any atom is 0.238 e. The summed E-state index contributed by atoms with van der Waals surface area (Å²) in [6.07, 6.45) is 2.91. The van der Waals surface area contributed by atoms with Crippen LogP contribution >= 0.6 is 15.9 Å². The number of halogens is 1. The van der Waals surface area contributed by atoms with Crippen LogP contribution in [0.3, 0.4) is 0 Å². The molecule has 2 rings (SSSR count). The monoisotopic (exact) mass is 324 g/mol. The van der Waals surface area contributed by atoms with E-state index in [0.29, 0.717) is 13.1 Å². The van der Waals surface area contributed by atoms with E-state index >= 15 is 0 Å². The number of amides is 1. The first-order chi connectivity index (χ1) is 9.19. The van der Waals surface area contributed by atoms with Gasteiger partial charge in [-0.1, -0.05) is 12.1 Å². The lowest BCUT2D eigenvalue weighted by molar-refractivity contribution is -0.119. The molecule has 1 unspecified atom stereocenters. The number of nitrogens with one attached hydrogen (secondary N) is 1. The molecule has 1 N–H and O–H groups in total. The van der Waals surface area contributed by atoms with E-state index in [0.717, 1.165) is 35.8 Å². The van der Waals surface area contributed by atoms with Gasteiger partial charge >= 0.3 is 0 Å². The van der Waals surface area contributed by atoms with Gasteiger partial charge in [0.2, 0.25) is 5.91 Å². The second-order valence-electron chi connectivity index (χ2n) is 4.80. The highest BCUT2D eigenvalue weighted by molar-refractivity contribution is 9.10. The van der Waals surface area contributed by atoms with Crippen molar-refractivity contribution >= 4 is 33.8 Å². The second kappa shape index (κ2) is 6.82. The van der Waals surface area contributed by atoms with Crippen molar-refractivity contribution in [3.8, 4) is 0 Å². The van der Waals surface area contributed by atoms with Crippen molar-refractivity contribution in [3.63, 3.8) is 0 Å². The predicted molar refractivity (Wildman–Crippen MR) is 78.0 cm³/mol. The van der Waals surface area contributed by atoms with Crippen LogP contribution in [0.2, 0.25) is 0 Å². The minimum absolute atomic E-state index is 0.0431. The molecule has 4 nitrogen and oxygen atoms in total. The van der Waals surface area contributed by atoms with Crippen molar-refractivity contribution in [1.29, 1.82) is 0 Å². The topological polar surface area (TPSA) is 49.4 Å². The maximum atomic E-state index is 12.0. The molecule has 0 spiro atoms. The van der Waals surface area contributed by atoms with Gasteiger partial charge < -0.3 is 10.1 Å². The van der Waals surface area contributed by atoms with Gasteiger partial charge in [0.05, 0.1) is 12.2 Å². The lowest BCUT2D eigenvalue weighted by Gasteiger charge is -2.29. The van der Waals surface area contributed by atoms with E-state index in [1.54, 1.807) is 0 Å². The number of carbonyl (C=O) groups excluding carboxylic acids is 2. The van der Waals surface area contributed by atoms with E-state index in [1.807, 2.05) is 29.2 Å². The van der Waals surface area contributed by atoms with Crippen LogP contribution < -0.4 is 5.32 Å². The van der Waals surface area contributed by atoms with Crippen molar-refractivity contribution in [3.05, 3.63) is 28.7 Å². The summed E-state index contributed by atoms with van der Waals surface area (Å²) in [5, 5.41) is 2.87. The summed E-state index contributed by atoms with van der Waals surface area (Å²) >= 11 is 3.40. The van der Waals surface area contributed by atoms with Gasteiger partial charge in [0, 0.05) is 16.9 Å². The zero-order valence-electron chi connectivity index (χ0n) is 10.6. The van der Waals surface area contributed by atoms with Crippen molar-refractivity contribution < 1.29 is 9.59 Å². The molecule has 1 aliphatic rings. The zero-order chi connectivity index (χ0) is 13.7. The number of hydrogen-bond acceptors (Lipinski definition) is 3. The quantitative estimate of drug-likeness (QED) is 0.864. The molecule has 1 aromatic carbocycles. The summed E-state index contributed by atoms with van der Waals surface area (Å²) in [5.74, 6) is 0.0310. The molecule has 19 heavy (non-hydrogen) atoms. The number of piperidine rings is 1. The third kappa shape index (κ3) is 4.14. The van der Waals surface area contributed by atoms with Crippen LogP contribution in [0.5, 0.6) is 0 Å². The fourth-order valence-electron chi connectivity index (χ4n) is 2.30. The van der Waals surface area contributed by atoms with Crippen LogP contribution in [-0.2, 0) is 9.59 Å². The van der Waals surface area contributed by atoms with Gasteiger partial charge in [0.15, 0.2) is 0 Å². The Balaban J connectivity index is 1.87. The number of nitrogens with zero attached hydrogens (tertiary/aromatic N) is 1. The molecule has 1 fully saturated rings. The molecule has 1 saturated heterocycles. The van der Waals surface area contributed by atoms with Crippen LogP contribution in [-0.4, -0.2) is 36.7 Å². The van der Waals surface area contributed by atoms with Crippen molar-refractivity contribution in [2.75, 3.05) is 25.0 Å². The van der Waals surface area contributed by atoms with Crippen LogP contribution in [0.25, 0.3) is 0 Å². The SMILES string of the molecule is O=CC1CCCN(CC(=O)Nc2ccccc2Br)C1. The molecule has 1 amide bonds. The normalized spacial score (nSPS) is 19.9. The Bertz CT molecular complexity index is 465. The maximum absolute atomic E-state index is 12.0. The van der Waals surface area contributed by atoms with Gasteiger partial charge in [0.25, 0.3) is 0 Å². The van der Waals surface area contributed by atoms with Crippen molar-refractivity contribution in [1.82, 2.24) is 4.90 Å². The summed E-state index contributed by atoms with van der Waals surface area (Å²) in [6.45, 7) is 1.91. The number of para-hydroxylation sites is 1. The van der Waals surface area contributed by atoms with Gasteiger partial charge in [-0.25, -0.2) is 0 Å². The number of benzene rings is 1. The fraction of sp³-hybridized carbons (Fsp3) is 0.429. The molecule has 1 heterocycles. The molecule has 102 valence electrons. The number of likely N-dealkylation sites (tertiary alicyclic amines) is 1. The van der Waals surface area contributed by atoms with Crippen molar-refractivity contribution in [2.24, 2.45) is 5.92 Å². The Labute approximate surface area is 121 Å². The molecule has 5 heteroatoms. The van der Waals surface area contributed by atoms with Crippen LogP contribution in [0.1, 0.15) is 12.8 Å². The standard InChI is InChI=1S/C14H17BrN2O2/c15-12-5-1-2-6-13(12)16-14(19)9-17-7-3-4-11(8-17)10-18/h1-2,5-6,10-11H,3-4,7-9H2,(H,16,19). The lowest BCUT2D eigenvalue weighted by Crippen LogP contribution is -2.40. The molecular formula is C14H17BrN2O2. The van der Waals surface area contributed by atoms with Crippen molar-refractivity contribution in [2.45, 2.75) is 12.8 Å². The summed E-state index contributed by atoms with van der Waals surface area (Å²) in [5.41, 5.74) is 0.774. The number of hydrogen-bond donors (Lipinski definition) is 1. The summed E-state index contributed by atoms with van der Waals surface area (Å²) < 4.78 is 0.868. The fourth-order valence-corrected chi connectivity index (χ4v) is 2.69. The first kappa shape index (κ1) is 14.2. The highest BCUT2D eigenvalue weighted by Crippen LogP contribution is 2.21. The van der Waals surface area contributed by atoms with E-state index in [2.05, 4.69) is 21.2 Å².